The molecule has 0 aliphatic rings. The number of hydrogen-bond donors (Lipinski definition) is 2. The molecule has 0 saturated heterocycles. The van der Waals surface area contributed by atoms with Crippen molar-refractivity contribution in [3.63, 3.8) is 0 Å². The lowest BCUT2D eigenvalue weighted by molar-refractivity contribution is 0.469. The van der Waals surface area contributed by atoms with Crippen molar-refractivity contribution < 1.29 is 5.11 Å². The van der Waals surface area contributed by atoms with E-state index in [4.69, 9.17) is 11.6 Å². The van der Waals surface area contributed by atoms with Crippen molar-refractivity contribution >= 4 is 23.0 Å². The minimum atomic E-state index is 0.210. The summed E-state index contributed by atoms with van der Waals surface area (Å²) in [5.41, 5.74) is 2.80. The third-order valence-corrected chi connectivity index (χ3v) is 3.29. The lowest BCUT2D eigenvalue weighted by atomic mass is 10.2. The molecule has 19 heavy (non-hydrogen) atoms. The van der Waals surface area contributed by atoms with E-state index in [-0.39, 0.29) is 5.75 Å². The van der Waals surface area contributed by atoms with Gasteiger partial charge in [0.1, 0.15) is 5.75 Å². The highest BCUT2D eigenvalue weighted by molar-refractivity contribution is 6.31. The summed E-state index contributed by atoms with van der Waals surface area (Å²) in [6.45, 7) is 0.482. The summed E-state index contributed by atoms with van der Waals surface area (Å²) >= 11 is 6.09. The molecule has 0 bridgehead atoms. The molecule has 0 fully saturated rings. The second-order valence-corrected chi connectivity index (χ2v) is 4.91. The van der Waals surface area contributed by atoms with Crippen LogP contribution in [0, 0.1) is 0 Å². The van der Waals surface area contributed by atoms with Crippen molar-refractivity contribution in [3.8, 4) is 5.75 Å². The first kappa shape index (κ1) is 13.6. The number of aromatic hydroxyl groups is 1. The van der Waals surface area contributed by atoms with Gasteiger partial charge in [0.2, 0.25) is 0 Å². The molecule has 2 aromatic carbocycles. The highest BCUT2D eigenvalue weighted by atomic mass is 35.5. The Morgan fingerprint density at radius 1 is 1.11 bits per heavy atom. The molecule has 0 heterocycles. The molecule has 0 aromatic heterocycles. The van der Waals surface area contributed by atoms with Crippen LogP contribution in [0.3, 0.4) is 0 Å². The summed E-state index contributed by atoms with van der Waals surface area (Å²) in [5, 5.41) is 13.7. The van der Waals surface area contributed by atoms with Crippen LogP contribution in [0.4, 0.5) is 11.4 Å². The third-order valence-electron chi connectivity index (χ3n) is 2.94. The zero-order valence-corrected chi connectivity index (χ0v) is 11.8. The fourth-order valence-electron chi connectivity index (χ4n) is 1.92. The first-order chi connectivity index (χ1) is 9.09. The average molecular weight is 277 g/mol. The van der Waals surface area contributed by atoms with Gasteiger partial charge in [-0.15, -0.1) is 0 Å². The monoisotopic (exact) mass is 276 g/mol. The van der Waals surface area contributed by atoms with E-state index in [9.17, 15) is 5.11 Å². The van der Waals surface area contributed by atoms with Crippen LogP contribution >= 0.6 is 11.6 Å². The first-order valence-corrected chi connectivity index (χ1v) is 6.44. The lowest BCUT2D eigenvalue weighted by Crippen LogP contribution is -2.12. The van der Waals surface area contributed by atoms with Gasteiger partial charge >= 0.3 is 0 Å². The van der Waals surface area contributed by atoms with Gasteiger partial charge in [-0.2, -0.15) is 0 Å². The molecular weight excluding hydrogens is 260 g/mol. The summed E-state index contributed by atoms with van der Waals surface area (Å²) in [7, 11) is 3.99. The van der Waals surface area contributed by atoms with Crippen LogP contribution < -0.4 is 10.2 Å². The number of hydrogen-bond acceptors (Lipinski definition) is 3. The summed E-state index contributed by atoms with van der Waals surface area (Å²) in [6.07, 6.45) is 0. The van der Waals surface area contributed by atoms with Gasteiger partial charge in [0, 0.05) is 31.2 Å². The van der Waals surface area contributed by atoms with Crippen LogP contribution in [0.2, 0.25) is 5.02 Å². The Morgan fingerprint density at radius 2 is 1.84 bits per heavy atom. The maximum Gasteiger partial charge on any atom is 0.122 e. The molecule has 0 aliphatic heterocycles. The third kappa shape index (κ3) is 3.12. The Bertz CT molecular complexity index is 550. The lowest BCUT2D eigenvalue weighted by Gasteiger charge is -2.18. The van der Waals surface area contributed by atoms with E-state index in [1.54, 1.807) is 18.2 Å². The summed E-state index contributed by atoms with van der Waals surface area (Å²) in [4.78, 5) is 2.04. The topological polar surface area (TPSA) is 35.5 Å². The SMILES string of the molecule is CN(C)c1ccccc1NCc1c(O)cccc1Cl. The largest absolute Gasteiger partial charge is 0.508 e. The zero-order chi connectivity index (χ0) is 13.8. The molecule has 0 aliphatic carbocycles. The Hall–Kier alpha value is -1.87. The van der Waals surface area contributed by atoms with E-state index in [0.29, 0.717) is 17.1 Å². The minimum absolute atomic E-state index is 0.210. The molecule has 0 unspecified atom stereocenters. The second kappa shape index (κ2) is 5.85. The molecule has 0 saturated carbocycles. The van der Waals surface area contributed by atoms with E-state index < -0.39 is 0 Å². The highest BCUT2D eigenvalue weighted by Crippen LogP contribution is 2.28. The fraction of sp³-hybridized carbons (Fsp3) is 0.200. The second-order valence-electron chi connectivity index (χ2n) is 4.50. The number of phenolic OH excluding ortho intramolecular Hbond substituents is 1. The van der Waals surface area contributed by atoms with E-state index in [2.05, 4.69) is 5.32 Å². The zero-order valence-electron chi connectivity index (χ0n) is 11.0. The highest BCUT2D eigenvalue weighted by Gasteiger charge is 2.08. The van der Waals surface area contributed by atoms with Gasteiger partial charge in [0.05, 0.1) is 11.4 Å². The standard InChI is InChI=1S/C15H17ClN2O/c1-18(2)14-8-4-3-7-13(14)17-10-11-12(16)6-5-9-15(11)19/h3-9,17,19H,10H2,1-2H3. The van der Waals surface area contributed by atoms with Crippen LogP contribution in [0.1, 0.15) is 5.56 Å². The summed E-state index contributed by atoms with van der Waals surface area (Å²) in [5.74, 6) is 0.210. The smallest absolute Gasteiger partial charge is 0.122 e. The van der Waals surface area contributed by atoms with Gasteiger partial charge in [-0.1, -0.05) is 29.8 Å². The molecule has 0 radical (unpaired) electrons. The van der Waals surface area contributed by atoms with Crippen molar-refractivity contribution in [1.82, 2.24) is 0 Å². The first-order valence-electron chi connectivity index (χ1n) is 6.06. The number of nitrogens with one attached hydrogen (secondary N) is 1. The Balaban J connectivity index is 2.19. The van der Waals surface area contributed by atoms with Gasteiger partial charge in [-0.25, -0.2) is 0 Å². The number of benzene rings is 2. The van der Waals surface area contributed by atoms with E-state index in [1.807, 2.05) is 43.3 Å². The fourth-order valence-corrected chi connectivity index (χ4v) is 2.16. The molecule has 0 atom stereocenters. The minimum Gasteiger partial charge on any atom is -0.508 e. The number of para-hydroxylation sites is 2. The predicted octanol–water partition coefficient (Wildman–Crippen LogP) is 3.72. The molecule has 0 amide bonds. The van der Waals surface area contributed by atoms with Gasteiger partial charge < -0.3 is 15.3 Å². The van der Waals surface area contributed by atoms with Gasteiger partial charge in [-0.05, 0) is 24.3 Å². The van der Waals surface area contributed by atoms with Crippen LogP contribution in [0.15, 0.2) is 42.5 Å². The normalized spacial score (nSPS) is 10.3. The number of phenols is 1. The Labute approximate surface area is 118 Å². The molecule has 2 N–H and O–H groups in total. The molecule has 2 aromatic rings. The molecule has 4 heteroatoms. The molecule has 3 nitrogen and oxygen atoms in total. The van der Waals surface area contributed by atoms with Crippen molar-refractivity contribution in [1.29, 1.82) is 0 Å². The number of halogens is 1. The van der Waals surface area contributed by atoms with Gasteiger partial charge in [0.15, 0.2) is 0 Å². The quantitative estimate of drug-likeness (QED) is 0.893. The van der Waals surface area contributed by atoms with Gasteiger partial charge in [-0.3, -0.25) is 0 Å². The summed E-state index contributed by atoms with van der Waals surface area (Å²) in [6, 6.07) is 13.2. The molecule has 100 valence electrons. The Kier molecular flexibility index (Phi) is 4.17. The van der Waals surface area contributed by atoms with E-state index in [1.165, 1.54) is 0 Å². The average Bonchev–Trinajstić information content (AvgIpc) is 2.38. The van der Waals surface area contributed by atoms with Crippen molar-refractivity contribution in [2.24, 2.45) is 0 Å². The van der Waals surface area contributed by atoms with Gasteiger partial charge in [0.25, 0.3) is 0 Å². The maximum absolute atomic E-state index is 9.81. The molecule has 2 rings (SSSR count). The predicted molar refractivity (Wildman–Crippen MR) is 81.2 cm³/mol. The van der Waals surface area contributed by atoms with Crippen LogP contribution in [0.25, 0.3) is 0 Å². The van der Waals surface area contributed by atoms with Crippen LogP contribution in [-0.4, -0.2) is 19.2 Å². The van der Waals surface area contributed by atoms with Crippen molar-refractivity contribution in [3.05, 3.63) is 53.1 Å². The molecule has 0 spiro atoms. The van der Waals surface area contributed by atoms with Crippen LogP contribution in [0.5, 0.6) is 5.75 Å². The van der Waals surface area contributed by atoms with E-state index >= 15 is 0 Å². The van der Waals surface area contributed by atoms with Crippen LogP contribution in [-0.2, 0) is 6.54 Å². The number of anilines is 2. The number of rotatable bonds is 4. The number of nitrogens with zero attached hydrogens (tertiary/aromatic N) is 1. The maximum atomic E-state index is 9.81. The van der Waals surface area contributed by atoms with Crippen molar-refractivity contribution in [2.75, 3.05) is 24.3 Å². The Morgan fingerprint density at radius 3 is 2.53 bits per heavy atom. The van der Waals surface area contributed by atoms with Crippen molar-refractivity contribution in [2.45, 2.75) is 6.54 Å². The van der Waals surface area contributed by atoms with E-state index in [0.717, 1.165) is 11.4 Å². The molecular formula is C15H17ClN2O. The summed E-state index contributed by atoms with van der Waals surface area (Å²) < 4.78 is 0.